The van der Waals surface area contributed by atoms with Crippen LogP contribution in [0.2, 0.25) is 0 Å². The second-order valence-electron chi connectivity index (χ2n) is 2.08. The first kappa shape index (κ1) is 3.00. The molecule has 8 heavy (non-hydrogen) atoms. The lowest BCUT2D eigenvalue weighted by Gasteiger charge is -2.08. The lowest BCUT2D eigenvalue weighted by Crippen LogP contribution is -2.03. The van der Waals surface area contributed by atoms with Crippen molar-refractivity contribution in [3.63, 3.8) is 0 Å². The van der Waals surface area contributed by atoms with Gasteiger partial charge in [0.15, 0.2) is 0 Å². The van der Waals surface area contributed by atoms with Gasteiger partial charge in [0, 0.05) is 16.4 Å². The number of hydrogen-bond acceptors (Lipinski definition) is 1. The zero-order valence-corrected chi connectivity index (χ0v) is 4.98. The molecule has 46 valence electrons. The highest BCUT2D eigenvalue weighted by molar-refractivity contribution is 5.84. The predicted octanol–water partition coefficient (Wildman–Crippen LogP) is 2.02. The number of hydrogen-bond donors (Lipinski definition) is 0. The van der Waals surface area contributed by atoms with Gasteiger partial charge in [0.25, 0.3) is 0 Å². The lowest BCUT2D eigenvalue weighted by molar-refractivity contribution is 0.728. The third-order valence-corrected chi connectivity index (χ3v) is 1.41. The Morgan fingerprint density at radius 2 is 2.75 bits per heavy atom. The van der Waals surface area contributed by atoms with Crippen molar-refractivity contribution in [1.29, 1.82) is 0 Å². The Bertz CT molecular complexity index is 160. The van der Waals surface area contributed by atoms with Crippen molar-refractivity contribution in [1.82, 2.24) is 0 Å². The van der Waals surface area contributed by atoms with E-state index in [4.69, 9.17) is 4.11 Å². The first-order valence-electron chi connectivity index (χ1n) is 4.60. The van der Waals surface area contributed by atoms with Gasteiger partial charge in [-0.05, 0) is 25.7 Å². The van der Waals surface area contributed by atoms with Crippen LogP contribution < -0.4 is 0 Å². The average molecular weight is 114 g/mol. The van der Waals surface area contributed by atoms with Crippen LogP contribution in [-0.4, -0.2) is 12.3 Å². The van der Waals surface area contributed by atoms with E-state index in [9.17, 15) is 0 Å². The summed E-state index contributed by atoms with van der Waals surface area (Å²) in [5.74, 6) is 0. The van der Waals surface area contributed by atoms with Crippen LogP contribution in [0.15, 0.2) is 4.99 Å². The summed E-state index contributed by atoms with van der Waals surface area (Å²) >= 11 is 0. The molecule has 0 bridgehead atoms. The van der Waals surface area contributed by atoms with Gasteiger partial charge in [-0.3, -0.25) is 4.99 Å². The molecule has 0 radical (unpaired) electrons. The van der Waals surface area contributed by atoms with Crippen molar-refractivity contribution < 1.29 is 4.11 Å². The molecule has 0 aliphatic carbocycles. The zero-order valence-electron chi connectivity index (χ0n) is 7.98. The average Bonchev–Trinajstić information content (AvgIpc) is 1.85. The molecule has 0 saturated carbocycles. The number of rotatable bonds is 1. The van der Waals surface area contributed by atoms with E-state index in [-0.39, 0.29) is 6.42 Å². The van der Waals surface area contributed by atoms with E-state index in [1.54, 1.807) is 0 Å². The molecule has 0 aromatic rings. The summed E-state index contributed by atoms with van der Waals surface area (Å²) in [7, 11) is 0. The first-order chi connectivity index (χ1) is 5.08. The van der Waals surface area contributed by atoms with Crippen LogP contribution in [-0.2, 0) is 0 Å². The second kappa shape index (κ2) is 2.85. The Morgan fingerprint density at radius 3 is 3.38 bits per heavy atom. The molecule has 1 aliphatic heterocycles. The highest BCUT2D eigenvalue weighted by atomic mass is 14.7. The van der Waals surface area contributed by atoms with Gasteiger partial charge in [-0.25, -0.2) is 0 Å². The van der Waals surface area contributed by atoms with Crippen LogP contribution >= 0.6 is 0 Å². The van der Waals surface area contributed by atoms with E-state index in [1.807, 2.05) is 0 Å². The highest BCUT2D eigenvalue weighted by Gasteiger charge is 2.00. The van der Waals surface area contributed by atoms with Crippen LogP contribution in [0.5, 0.6) is 0 Å². The minimum atomic E-state index is -1.82. The molecule has 0 N–H and O–H groups in total. The van der Waals surface area contributed by atoms with E-state index in [2.05, 4.69) is 4.99 Å². The summed E-state index contributed by atoms with van der Waals surface area (Å²) < 4.78 is 21.1. The van der Waals surface area contributed by atoms with E-state index >= 15 is 0 Å². The highest BCUT2D eigenvalue weighted by Crippen LogP contribution is 2.07. The summed E-state index contributed by atoms with van der Waals surface area (Å²) in [5, 5.41) is 0. The molecule has 0 fully saturated rings. The number of aliphatic imine (C=N–C) groups is 1. The fraction of sp³-hybridized carbons (Fsp3) is 0.857. The third kappa shape index (κ3) is 1.32. The Labute approximate surface area is 55.0 Å². The summed E-state index contributed by atoms with van der Waals surface area (Å²) in [6, 6.07) is 0. The normalized spacial score (nSPS) is 27.5. The summed E-state index contributed by atoms with van der Waals surface area (Å²) in [6.07, 6.45) is 3.30. The van der Waals surface area contributed by atoms with Crippen molar-refractivity contribution in [3.8, 4) is 0 Å². The SMILES string of the molecule is [2H]C([2H])([2H])CC1=NCCCC1. The molecule has 1 aliphatic rings. The number of nitrogens with zero attached hydrogens (tertiary/aromatic N) is 1. The fourth-order valence-corrected chi connectivity index (χ4v) is 0.901. The molecule has 0 amide bonds. The smallest absolute Gasteiger partial charge is 0.0388 e. The van der Waals surface area contributed by atoms with Crippen LogP contribution in [0.4, 0.5) is 0 Å². The summed E-state index contributed by atoms with van der Waals surface area (Å²) in [5.41, 5.74) is 0.885. The van der Waals surface area contributed by atoms with Crippen LogP contribution in [0.25, 0.3) is 0 Å². The largest absolute Gasteiger partial charge is 0.294 e. The Balaban J connectivity index is 2.42. The van der Waals surface area contributed by atoms with Crippen molar-refractivity contribution >= 4 is 5.71 Å². The monoisotopic (exact) mass is 114 g/mol. The fourth-order valence-electron chi connectivity index (χ4n) is 0.901. The molecule has 0 saturated heterocycles. The maximum atomic E-state index is 7.02. The molecule has 0 aromatic carbocycles. The van der Waals surface area contributed by atoms with Gasteiger partial charge < -0.3 is 0 Å². The first-order valence-corrected chi connectivity index (χ1v) is 3.10. The van der Waals surface area contributed by atoms with Crippen LogP contribution in [0.3, 0.4) is 0 Å². The molecular formula is C7H13N. The van der Waals surface area contributed by atoms with Crippen LogP contribution in [0.1, 0.15) is 36.6 Å². The van der Waals surface area contributed by atoms with Crippen molar-refractivity contribution in [2.45, 2.75) is 32.5 Å². The molecule has 0 unspecified atom stereocenters. The second-order valence-corrected chi connectivity index (χ2v) is 2.08. The Hall–Kier alpha value is -0.330. The van der Waals surface area contributed by atoms with Gasteiger partial charge in [0.05, 0.1) is 0 Å². The molecule has 1 heteroatoms. The van der Waals surface area contributed by atoms with E-state index in [0.717, 1.165) is 31.5 Å². The Morgan fingerprint density at radius 1 is 1.75 bits per heavy atom. The molecule has 0 spiro atoms. The van der Waals surface area contributed by atoms with Crippen molar-refractivity contribution in [2.75, 3.05) is 6.54 Å². The van der Waals surface area contributed by atoms with E-state index in [0.29, 0.717) is 0 Å². The maximum absolute atomic E-state index is 7.02. The van der Waals surface area contributed by atoms with Gasteiger partial charge in [-0.2, -0.15) is 0 Å². The molecule has 1 heterocycles. The predicted molar refractivity (Wildman–Crippen MR) is 36.4 cm³/mol. The van der Waals surface area contributed by atoms with E-state index in [1.165, 1.54) is 0 Å². The molecule has 0 atom stereocenters. The maximum Gasteiger partial charge on any atom is 0.0388 e. The Kier molecular flexibility index (Phi) is 1.07. The topological polar surface area (TPSA) is 12.4 Å². The van der Waals surface area contributed by atoms with E-state index < -0.39 is 6.85 Å². The van der Waals surface area contributed by atoms with Crippen molar-refractivity contribution in [2.24, 2.45) is 4.99 Å². The van der Waals surface area contributed by atoms with Gasteiger partial charge in [0.2, 0.25) is 0 Å². The summed E-state index contributed by atoms with van der Waals surface area (Å²) in [6.45, 7) is -0.998. The quantitative estimate of drug-likeness (QED) is 0.494. The summed E-state index contributed by atoms with van der Waals surface area (Å²) in [4.78, 5) is 4.17. The third-order valence-electron chi connectivity index (χ3n) is 1.41. The molecular weight excluding hydrogens is 98.1 g/mol. The van der Waals surface area contributed by atoms with Gasteiger partial charge in [0.1, 0.15) is 0 Å². The molecule has 0 aromatic heterocycles. The van der Waals surface area contributed by atoms with Crippen LogP contribution in [0, 0.1) is 0 Å². The van der Waals surface area contributed by atoms with Crippen molar-refractivity contribution in [3.05, 3.63) is 0 Å². The molecule has 1 rings (SSSR count). The van der Waals surface area contributed by atoms with Gasteiger partial charge in [-0.15, -0.1) is 0 Å². The van der Waals surface area contributed by atoms with Gasteiger partial charge in [-0.1, -0.05) is 6.85 Å². The minimum absolute atomic E-state index is 0.187. The standard InChI is InChI=1S/C7H13N/c1-2-7-5-3-4-6-8-7/h2-6H2,1H3/i1D3. The van der Waals surface area contributed by atoms with Gasteiger partial charge >= 0.3 is 0 Å². The minimum Gasteiger partial charge on any atom is -0.294 e. The lowest BCUT2D eigenvalue weighted by atomic mass is 10.1. The molecule has 1 nitrogen and oxygen atoms in total. The zero-order chi connectivity index (χ0) is 8.32.